The van der Waals surface area contributed by atoms with E-state index in [0.717, 1.165) is 11.1 Å². The number of nitrogens with one attached hydrogen (secondary N) is 2. The second-order valence-corrected chi connectivity index (χ2v) is 6.62. The van der Waals surface area contributed by atoms with Gasteiger partial charge in [0.1, 0.15) is 5.78 Å². The molecule has 1 heterocycles. The van der Waals surface area contributed by atoms with Crippen molar-refractivity contribution < 1.29 is 19.8 Å². The molecule has 1 aromatic rings. The van der Waals surface area contributed by atoms with Gasteiger partial charge in [-0.05, 0) is 56.9 Å². The average molecular weight is 320 g/mol. The number of benzene rings is 1. The second kappa shape index (κ2) is 6.58. The number of rotatable bonds is 5. The van der Waals surface area contributed by atoms with E-state index in [2.05, 4.69) is 10.6 Å². The summed E-state index contributed by atoms with van der Waals surface area (Å²) in [6.45, 7) is 5.85. The van der Waals surface area contributed by atoms with Crippen molar-refractivity contribution in [2.24, 2.45) is 0 Å². The first-order chi connectivity index (χ1) is 10.7. The van der Waals surface area contributed by atoms with Gasteiger partial charge in [-0.1, -0.05) is 0 Å². The number of ketones is 1. The van der Waals surface area contributed by atoms with Crippen LogP contribution in [0.25, 0.3) is 0 Å². The summed E-state index contributed by atoms with van der Waals surface area (Å²) >= 11 is 0. The Hall–Kier alpha value is -2.08. The Kier molecular flexibility index (Phi) is 4.94. The predicted octanol–water partition coefficient (Wildman–Crippen LogP) is 1.33. The van der Waals surface area contributed by atoms with E-state index in [0.29, 0.717) is 25.8 Å². The molecule has 6 heteroatoms. The summed E-state index contributed by atoms with van der Waals surface area (Å²) in [5.41, 5.74) is 1.21. The highest BCUT2D eigenvalue weighted by atomic mass is 16.3. The van der Waals surface area contributed by atoms with Crippen LogP contribution in [0.4, 0.5) is 0 Å². The smallest absolute Gasteiger partial charge is 0.237 e. The van der Waals surface area contributed by atoms with Crippen molar-refractivity contribution in [3.63, 3.8) is 0 Å². The molecule has 0 saturated heterocycles. The van der Waals surface area contributed by atoms with Crippen LogP contribution in [-0.2, 0) is 21.5 Å². The van der Waals surface area contributed by atoms with Gasteiger partial charge < -0.3 is 20.3 Å². The first-order valence-electron chi connectivity index (χ1n) is 7.81. The lowest BCUT2D eigenvalue weighted by molar-refractivity contribution is -0.124. The molecule has 126 valence electrons. The Bertz CT molecular complexity index is 625. The molecular weight excluding hydrogens is 296 g/mol. The van der Waals surface area contributed by atoms with Crippen LogP contribution in [0.2, 0.25) is 0 Å². The molecule has 1 aromatic carbocycles. The van der Waals surface area contributed by atoms with Crippen molar-refractivity contribution in [1.29, 1.82) is 0 Å². The van der Waals surface area contributed by atoms with Gasteiger partial charge in [0.2, 0.25) is 5.91 Å². The summed E-state index contributed by atoms with van der Waals surface area (Å²) in [7, 11) is 0. The molecular formula is C17H24N2O4. The zero-order valence-electron chi connectivity index (χ0n) is 13.8. The van der Waals surface area contributed by atoms with Crippen molar-refractivity contribution in [2.45, 2.75) is 51.6 Å². The third kappa shape index (κ3) is 4.01. The Labute approximate surface area is 135 Å². The van der Waals surface area contributed by atoms with Gasteiger partial charge in [-0.2, -0.15) is 0 Å². The van der Waals surface area contributed by atoms with Crippen molar-refractivity contribution in [1.82, 2.24) is 10.6 Å². The van der Waals surface area contributed by atoms with Gasteiger partial charge in [-0.25, -0.2) is 0 Å². The highest BCUT2D eigenvalue weighted by Crippen LogP contribution is 2.37. The van der Waals surface area contributed by atoms with E-state index in [1.54, 1.807) is 6.07 Å². The number of aromatic hydroxyl groups is 2. The Morgan fingerprint density at radius 3 is 2.61 bits per heavy atom. The molecule has 23 heavy (non-hydrogen) atoms. The second-order valence-electron chi connectivity index (χ2n) is 6.62. The van der Waals surface area contributed by atoms with Crippen LogP contribution in [0.5, 0.6) is 11.5 Å². The van der Waals surface area contributed by atoms with Crippen LogP contribution in [0.15, 0.2) is 12.1 Å². The number of carbonyl (C=O) groups excluding carboxylic acids is 2. The highest BCUT2D eigenvalue weighted by molar-refractivity contribution is 5.83. The number of hydrogen-bond donors (Lipinski definition) is 4. The molecule has 0 aromatic heterocycles. The molecule has 0 aliphatic carbocycles. The summed E-state index contributed by atoms with van der Waals surface area (Å²) in [6, 6.07) is 2.64. The molecule has 0 saturated carbocycles. The van der Waals surface area contributed by atoms with Gasteiger partial charge in [0.05, 0.1) is 6.04 Å². The summed E-state index contributed by atoms with van der Waals surface area (Å²) in [6.07, 6.45) is 1.52. The molecule has 4 N–H and O–H groups in total. The zero-order valence-corrected chi connectivity index (χ0v) is 13.8. The number of Topliss-reactive ketones (excluding diaryl/α,β-unsaturated/α-hetero) is 1. The van der Waals surface area contributed by atoms with E-state index in [4.69, 9.17) is 0 Å². The van der Waals surface area contributed by atoms with Gasteiger partial charge in [0, 0.05) is 18.5 Å². The van der Waals surface area contributed by atoms with Crippen molar-refractivity contribution in [2.75, 3.05) is 6.54 Å². The summed E-state index contributed by atoms with van der Waals surface area (Å²) in [5.74, 6) is -0.354. The Balaban J connectivity index is 2.07. The van der Waals surface area contributed by atoms with Crippen molar-refractivity contribution >= 4 is 11.7 Å². The van der Waals surface area contributed by atoms with E-state index >= 15 is 0 Å². The van der Waals surface area contributed by atoms with Gasteiger partial charge in [0.15, 0.2) is 11.5 Å². The molecule has 1 atom stereocenters. The van der Waals surface area contributed by atoms with E-state index in [9.17, 15) is 19.8 Å². The maximum absolute atomic E-state index is 12.3. The lowest BCUT2D eigenvalue weighted by Gasteiger charge is -2.38. The quantitative estimate of drug-likeness (QED) is 0.485. The first-order valence-corrected chi connectivity index (χ1v) is 7.81. The SMILES string of the molecule is CC(=O)CCCNC(=O)[C@@H]1Cc2cc(O)c(O)cc2C(C)(C)N1. The number of fused-ring (bicyclic) bond motifs is 1. The molecule has 1 aliphatic heterocycles. The maximum Gasteiger partial charge on any atom is 0.237 e. The lowest BCUT2D eigenvalue weighted by Crippen LogP contribution is -2.55. The molecule has 1 aliphatic rings. The highest BCUT2D eigenvalue weighted by Gasteiger charge is 2.36. The molecule has 0 bridgehead atoms. The Morgan fingerprint density at radius 1 is 1.30 bits per heavy atom. The normalized spacial score (nSPS) is 19.0. The number of hydrogen-bond acceptors (Lipinski definition) is 5. The molecule has 0 unspecified atom stereocenters. The number of phenolic OH excluding ortho intramolecular Hbond substituents is 2. The molecule has 0 fully saturated rings. The van der Waals surface area contributed by atoms with E-state index in [-0.39, 0.29) is 23.2 Å². The summed E-state index contributed by atoms with van der Waals surface area (Å²) < 4.78 is 0. The molecule has 0 radical (unpaired) electrons. The maximum atomic E-state index is 12.3. The van der Waals surface area contributed by atoms with Crippen LogP contribution < -0.4 is 10.6 Å². The minimum atomic E-state index is -0.500. The monoisotopic (exact) mass is 320 g/mol. The van der Waals surface area contributed by atoms with E-state index < -0.39 is 11.6 Å². The van der Waals surface area contributed by atoms with Gasteiger partial charge in [-0.3, -0.25) is 10.1 Å². The van der Waals surface area contributed by atoms with Crippen LogP contribution in [0.3, 0.4) is 0 Å². The fraction of sp³-hybridized carbons (Fsp3) is 0.529. The number of carbonyl (C=O) groups is 2. The fourth-order valence-corrected chi connectivity index (χ4v) is 2.99. The van der Waals surface area contributed by atoms with Crippen LogP contribution in [0.1, 0.15) is 44.7 Å². The first kappa shape index (κ1) is 17.3. The third-order valence-electron chi connectivity index (χ3n) is 4.15. The summed E-state index contributed by atoms with van der Waals surface area (Å²) in [5, 5.41) is 25.5. The molecule has 0 spiro atoms. The van der Waals surface area contributed by atoms with E-state index in [1.165, 1.54) is 13.0 Å². The van der Waals surface area contributed by atoms with Gasteiger partial charge in [-0.15, -0.1) is 0 Å². The molecule has 2 rings (SSSR count). The predicted molar refractivity (Wildman–Crippen MR) is 86.4 cm³/mol. The number of amides is 1. The van der Waals surface area contributed by atoms with Crippen LogP contribution in [0, 0.1) is 0 Å². The standard InChI is InChI=1S/C17H24N2O4/c1-10(20)5-4-6-18-16(23)13-7-11-8-14(21)15(22)9-12(11)17(2,3)19-13/h8-9,13,19,21-22H,4-7H2,1-3H3,(H,18,23)/t13-/m0/s1. The topological polar surface area (TPSA) is 98.7 Å². The minimum absolute atomic E-state index is 0.111. The molecule has 6 nitrogen and oxygen atoms in total. The van der Waals surface area contributed by atoms with Gasteiger partial charge in [0.25, 0.3) is 0 Å². The zero-order chi connectivity index (χ0) is 17.2. The minimum Gasteiger partial charge on any atom is -0.504 e. The van der Waals surface area contributed by atoms with Gasteiger partial charge >= 0.3 is 0 Å². The third-order valence-corrected chi connectivity index (χ3v) is 4.15. The summed E-state index contributed by atoms with van der Waals surface area (Å²) in [4.78, 5) is 23.2. The molecule has 1 amide bonds. The number of phenols is 2. The van der Waals surface area contributed by atoms with Crippen molar-refractivity contribution in [3.05, 3.63) is 23.3 Å². The van der Waals surface area contributed by atoms with Crippen LogP contribution >= 0.6 is 0 Å². The lowest BCUT2D eigenvalue weighted by atomic mass is 9.82. The van der Waals surface area contributed by atoms with Crippen LogP contribution in [-0.4, -0.2) is 34.5 Å². The van der Waals surface area contributed by atoms with Crippen molar-refractivity contribution in [3.8, 4) is 11.5 Å². The average Bonchev–Trinajstić information content (AvgIpc) is 2.44. The Morgan fingerprint density at radius 2 is 1.96 bits per heavy atom. The largest absolute Gasteiger partial charge is 0.504 e. The fourth-order valence-electron chi connectivity index (χ4n) is 2.99. The van der Waals surface area contributed by atoms with E-state index in [1.807, 2.05) is 13.8 Å².